The van der Waals surface area contributed by atoms with E-state index in [0.717, 1.165) is 16.7 Å². The van der Waals surface area contributed by atoms with Crippen LogP contribution in [0.2, 0.25) is 0 Å². The number of nitrogens with one attached hydrogen (secondary N) is 1. The van der Waals surface area contributed by atoms with Crippen LogP contribution in [0.5, 0.6) is 5.88 Å². The zero-order valence-corrected chi connectivity index (χ0v) is 10.7. The van der Waals surface area contributed by atoms with Crippen molar-refractivity contribution in [1.29, 1.82) is 0 Å². The molecule has 0 bridgehead atoms. The topological polar surface area (TPSA) is 47.0 Å². The van der Waals surface area contributed by atoms with E-state index >= 15 is 0 Å². The summed E-state index contributed by atoms with van der Waals surface area (Å²) in [6, 6.07) is 0. The van der Waals surface area contributed by atoms with Crippen molar-refractivity contribution in [2.45, 2.75) is 26.2 Å². The summed E-state index contributed by atoms with van der Waals surface area (Å²) in [5.74, 6) is 1.35. The molecule has 0 aliphatic heterocycles. The molecule has 0 aromatic carbocycles. The largest absolute Gasteiger partial charge is 0.477 e. The Morgan fingerprint density at radius 3 is 2.87 bits per heavy atom. The summed E-state index contributed by atoms with van der Waals surface area (Å²) < 4.78 is 6.32. The van der Waals surface area contributed by atoms with Gasteiger partial charge in [-0.1, -0.05) is 19.8 Å². The molecule has 5 heteroatoms. The molecule has 1 heterocycles. The van der Waals surface area contributed by atoms with Crippen LogP contribution in [-0.4, -0.2) is 23.6 Å². The van der Waals surface area contributed by atoms with E-state index in [-0.39, 0.29) is 0 Å². The van der Waals surface area contributed by atoms with Crippen molar-refractivity contribution < 1.29 is 4.74 Å². The van der Waals surface area contributed by atoms with Crippen molar-refractivity contribution in [3.8, 4) is 5.88 Å². The van der Waals surface area contributed by atoms with Gasteiger partial charge in [-0.2, -0.15) is 0 Å². The summed E-state index contributed by atoms with van der Waals surface area (Å²) in [6.45, 7) is 2.87. The van der Waals surface area contributed by atoms with Crippen molar-refractivity contribution in [1.82, 2.24) is 9.97 Å². The van der Waals surface area contributed by atoms with E-state index in [1.54, 1.807) is 0 Å². The maximum absolute atomic E-state index is 5.54. The minimum atomic E-state index is 0.602. The third-order valence-electron chi connectivity index (χ3n) is 1.98. The van der Waals surface area contributed by atoms with Gasteiger partial charge in [-0.25, -0.2) is 9.97 Å². The van der Waals surface area contributed by atoms with Gasteiger partial charge >= 0.3 is 0 Å². The van der Waals surface area contributed by atoms with Gasteiger partial charge in [-0.05, 0) is 22.4 Å². The van der Waals surface area contributed by atoms with E-state index in [1.807, 2.05) is 7.05 Å². The fourth-order valence-corrected chi connectivity index (χ4v) is 1.67. The first kappa shape index (κ1) is 12.2. The molecule has 84 valence electrons. The summed E-state index contributed by atoms with van der Waals surface area (Å²) in [4.78, 5) is 8.12. The fraction of sp³-hybridized carbons (Fsp3) is 0.600. The molecule has 0 fully saturated rings. The Morgan fingerprint density at radius 2 is 2.20 bits per heavy atom. The second kappa shape index (κ2) is 6.61. The highest BCUT2D eigenvalue weighted by atomic mass is 79.9. The average molecular weight is 274 g/mol. The minimum absolute atomic E-state index is 0.602. The molecule has 15 heavy (non-hydrogen) atoms. The molecule has 4 nitrogen and oxygen atoms in total. The Balaban J connectivity index is 2.53. The van der Waals surface area contributed by atoms with Gasteiger partial charge in [0.05, 0.1) is 6.61 Å². The van der Waals surface area contributed by atoms with Gasteiger partial charge in [0.15, 0.2) is 0 Å². The Hall–Kier alpha value is -0.840. The number of hydrogen-bond donors (Lipinski definition) is 1. The lowest BCUT2D eigenvalue weighted by Crippen LogP contribution is -2.02. The molecular formula is C10H16BrN3O. The number of nitrogens with zero attached hydrogens (tertiary/aromatic N) is 2. The Morgan fingerprint density at radius 1 is 1.40 bits per heavy atom. The molecule has 0 unspecified atom stereocenters. The SMILES string of the molecule is CCCCCOc1ncnc(NC)c1Br. The third kappa shape index (κ3) is 3.66. The van der Waals surface area contributed by atoms with Crippen molar-refractivity contribution >= 4 is 21.7 Å². The molecule has 1 rings (SSSR count). The highest BCUT2D eigenvalue weighted by Crippen LogP contribution is 2.27. The molecule has 1 aromatic rings. The van der Waals surface area contributed by atoms with Crippen LogP contribution >= 0.6 is 15.9 Å². The van der Waals surface area contributed by atoms with E-state index in [9.17, 15) is 0 Å². The third-order valence-corrected chi connectivity index (χ3v) is 2.70. The first-order valence-electron chi connectivity index (χ1n) is 5.10. The average Bonchev–Trinajstić information content (AvgIpc) is 2.26. The van der Waals surface area contributed by atoms with Gasteiger partial charge in [0.25, 0.3) is 0 Å². The molecule has 0 spiro atoms. The Bertz CT molecular complexity index is 307. The zero-order valence-electron chi connectivity index (χ0n) is 9.09. The smallest absolute Gasteiger partial charge is 0.233 e. The molecule has 1 aromatic heterocycles. The first-order chi connectivity index (χ1) is 7.29. The van der Waals surface area contributed by atoms with Crippen LogP contribution in [0.25, 0.3) is 0 Å². The van der Waals surface area contributed by atoms with Crippen LogP contribution in [0, 0.1) is 0 Å². The molecule has 0 saturated carbocycles. The zero-order chi connectivity index (χ0) is 11.1. The van der Waals surface area contributed by atoms with Crippen LogP contribution in [0.4, 0.5) is 5.82 Å². The minimum Gasteiger partial charge on any atom is -0.477 e. The summed E-state index contributed by atoms with van der Waals surface area (Å²) in [6.07, 6.45) is 4.92. The van der Waals surface area contributed by atoms with Crippen LogP contribution in [0.3, 0.4) is 0 Å². The Labute approximate surface area is 98.6 Å². The van der Waals surface area contributed by atoms with Crippen molar-refractivity contribution in [3.63, 3.8) is 0 Å². The number of anilines is 1. The summed E-state index contributed by atoms with van der Waals surface area (Å²) >= 11 is 3.40. The van der Waals surface area contributed by atoms with E-state index in [0.29, 0.717) is 12.5 Å². The molecule has 0 atom stereocenters. The molecular weight excluding hydrogens is 258 g/mol. The van der Waals surface area contributed by atoms with E-state index in [2.05, 4.69) is 38.1 Å². The predicted octanol–water partition coefficient (Wildman–Crippen LogP) is 2.85. The van der Waals surface area contributed by atoms with Gasteiger partial charge in [-0.15, -0.1) is 0 Å². The molecule has 0 radical (unpaired) electrons. The lowest BCUT2D eigenvalue weighted by molar-refractivity contribution is 0.292. The maximum Gasteiger partial charge on any atom is 0.233 e. The van der Waals surface area contributed by atoms with Crippen LogP contribution < -0.4 is 10.1 Å². The van der Waals surface area contributed by atoms with Crippen LogP contribution in [-0.2, 0) is 0 Å². The highest BCUT2D eigenvalue weighted by Gasteiger charge is 2.07. The number of hydrogen-bond acceptors (Lipinski definition) is 4. The highest BCUT2D eigenvalue weighted by molar-refractivity contribution is 9.10. The summed E-state index contributed by atoms with van der Waals surface area (Å²) in [5, 5.41) is 2.96. The van der Waals surface area contributed by atoms with E-state index in [4.69, 9.17) is 4.74 Å². The van der Waals surface area contributed by atoms with Crippen LogP contribution in [0.15, 0.2) is 10.8 Å². The van der Waals surface area contributed by atoms with Gasteiger partial charge < -0.3 is 10.1 Å². The van der Waals surface area contributed by atoms with Crippen molar-refractivity contribution in [3.05, 3.63) is 10.8 Å². The number of ether oxygens (including phenoxy) is 1. The first-order valence-corrected chi connectivity index (χ1v) is 5.90. The summed E-state index contributed by atoms with van der Waals surface area (Å²) in [7, 11) is 1.81. The van der Waals surface area contributed by atoms with Crippen LogP contribution in [0.1, 0.15) is 26.2 Å². The molecule has 0 aliphatic rings. The predicted molar refractivity (Wildman–Crippen MR) is 64.3 cm³/mol. The van der Waals surface area contributed by atoms with Crippen molar-refractivity contribution in [2.75, 3.05) is 19.0 Å². The quantitative estimate of drug-likeness (QED) is 0.810. The van der Waals surface area contributed by atoms with Gasteiger partial charge in [0.1, 0.15) is 16.6 Å². The fourth-order valence-electron chi connectivity index (χ4n) is 1.15. The lowest BCUT2D eigenvalue weighted by Gasteiger charge is -2.08. The molecule has 0 aliphatic carbocycles. The van der Waals surface area contributed by atoms with Gasteiger partial charge in [-0.3, -0.25) is 0 Å². The monoisotopic (exact) mass is 273 g/mol. The number of halogens is 1. The second-order valence-corrected chi connectivity index (χ2v) is 3.94. The molecule has 0 amide bonds. The van der Waals surface area contributed by atoms with E-state index < -0.39 is 0 Å². The molecule has 1 N–H and O–H groups in total. The molecule has 0 saturated heterocycles. The van der Waals surface area contributed by atoms with E-state index in [1.165, 1.54) is 19.2 Å². The summed E-state index contributed by atoms with van der Waals surface area (Å²) in [5.41, 5.74) is 0. The Kier molecular flexibility index (Phi) is 5.39. The normalized spacial score (nSPS) is 10.1. The standard InChI is InChI=1S/C10H16BrN3O/c1-3-4-5-6-15-10-8(11)9(12-2)13-7-14-10/h7H,3-6H2,1-2H3,(H,12,13,14). The number of aromatic nitrogens is 2. The number of unbranched alkanes of at least 4 members (excludes halogenated alkanes) is 2. The van der Waals surface area contributed by atoms with Gasteiger partial charge in [0.2, 0.25) is 5.88 Å². The maximum atomic E-state index is 5.54. The lowest BCUT2D eigenvalue weighted by atomic mass is 10.3. The van der Waals surface area contributed by atoms with Crippen molar-refractivity contribution in [2.24, 2.45) is 0 Å². The number of rotatable bonds is 6. The van der Waals surface area contributed by atoms with Gasteiger partial charge in [0, 0.05) is 7.05 Å². The second-order valence-electron chi connectivity index (χ2n) is 3.15.